The number of benzene rings is 4. The van der Waals surface area contributed by atoms with E-state index < -0.39 is 20.0 Å². The molecule has 2 nitrogen and oxygen atoms in total. The molecule has 1 amide bonds. The number of amides is 1. The number of alkyl halides is 4. The monoisotopic (exact) mass is 621 g/mol. The molecule has 0 heterocycles. The van der Waals surface area contributed by atoms with E-state index in [1.54, 1.807) is 12.1 Å². The topological polar surface area (TPSA) is 29.1 Å². The van der Waals surface area contributed by atoms with Crippen molar-refractivity contribution >= 4 is 67.3 Å². The molecule has 0 aliphatic rings. The number of nitrogens with one attached hydrogen (secondary N) is 1. The Morgan fingerprint density at radius 1 is 0.743 bits per heavy atom. The van der Waals surface area contributed by atoms with Crippen LogP contribution < -0.4 is 21.2 Å². The van der Waals surface area contributed by atoms with E-state index in [0.29, 0.717) is 10.9 Å². The Balaban J connectivity index is 0.000000199. The quantitative estimate of drug-likeness (QED) is 0.184. The van der Waals surface area contributed by atoms with Crippen molar-refractivity contribution < 1.29 is 18.0 Å². The van der Waals surface area contributed by atoms with Crippen LogP contribution in [0.15, 0.2) is 114 Å². The van der Waals surface area contributed by atoms with Gasteiger partial charge in [-0.15, -0.1) is 0 Å². The fourth-order valence-electron chi connectivity index (χ4n) is 3.17. The minimum Gasteiger partial charge on any atom is -0.318 e. The van der Waals surface area contributed by atoms with E-state index in [9.17, 15) is 18.0 Å². The average Bonchev–Trinajstić information content (AvgIpc) is 2.87. The molecule has 0 atom stereocenters. The molecule has 0 radical (unpaired) electrons. The zero-order chi connectivity index (χ0) is 25.3. The second kappa shape index (κ2) is 13.0. The molecule has 0 aromatic heterocycles. The smallest absolute Gasteiger partial charge is 0.318 e. The number of hydrogen-bond donors (Lipinski definition) is 1. The number of carbonyl (C=O) groups excluding carboxylic acids is 1. The van der Waals surface area contributed by atoms with E-state index in [-0.39, 0.29) is 5.69 Å². The van der Waals surface area contributed by atoms with Crippen molar-refractivity contribution in [3.63, 3.8) is 0 Å². The van der Waals surface area contributed by atoms with Crippen molar-refractivity contribution in [3.05, 3.63) is 119 Å². The molecular formula is C27H21Br2F3NOP. The van der Waals surface area contributed by atoms with Crippen LogP contribution in [0.5, 0.6) is 0 Å². The van der Waals surface area contributed by atoms with E-state index >= 15 is 0 Å². The van der Waals surface area contributed by atoms with Gasteiger partial charge in [0.2, 0.25) is 0 Å². The van der Waals surface area contributed by atoms with Crippen LogP contribution in [0.4, 0.5) is 18.9 Å². The Bertz CT molecular complexity index is 1130. The van der Waals surface area contributed by atoms with Gasteiger partial charge in [0.15, 0.2) is 0 Å². The largest absolute Gasteiger partial charge is 0.471 e. The predicted molar refractivity (Wildman–Crippen MR) is 147 cm³/mol. The van der Waals surface area contributed by atoms with E-state index in [0.717, 1.165) is 4.47 Å². The Kier molecular flexibility index (Phi) is 10.1. The molecule has 0 saturated carbocycles. The number of rotatable bonds is 5. The summed E-state index contributed by atoms with van der Waals surface area (Å²) in [5.41, 5.74) is 0.703. The maximum absolute atomic E-state index is 12.0. The Morgan fingerprint density at radius 2 is 1.17 bits per heavy atom. The van der Waals surface area contributed by atoms with Gasteiger partial charge >= 0.3 is 12.1 Å². The molecule has 0 spiro atoms. The van der Waals surface area contributed by atoms with Gasteiger partial charge in [0.25, 0.3) is 0 Å². The van der Waals surface area contributed by atoms with Gasteiger partial charge in [-0.1, -0.05) is 123 Å². The summed E-state index contributed by atoms with van der Waals surface area (Å²) in [6.07, 6.45) is -4.88. The summed E-state index contributed by atoms with van der Waals surface area (Å²) < 4.78 is 36.8. The standard InChI is InChI=1S/C18H15P.C9H6Br2F3NO/c1-4-10-16(11-5-1)19(17-12-6-2-7-13-17)18-14-8-3-9-15-18;10-4-5-3-6(11)1-2-7(5)15-8(16)9(12,13)14/h1-15H;1-3H,4H2,(H,15,16). The van der Waals surface area contributed by atoms with Crippen LogP contribution in [0.25, 0.3) is 0 Å². The number of carbonyl (C=O) groups is 1. The lowest BCUT2D eigenvalue weighted by atomic mass is 10.2. The maximum atomic E-state index is 12.0. The summed E-state index contributed by atoms with van der Waals surface area (Å²) in [6.45, 7) is 0. The Hall–Kier alpha value is -2.47. The normalized spacial score (nSPS) is 10.9. The van der Waals surface area contributed by atoms with Gasteiger partial charge in [-0.05, 0) is 47.6 Å². The molecule has 1 N–H and O–H groups in total. The van der Waals surface area contributed by atoms with Crippen molar-refractivity contribution in [3.8, 4) is 0 Å². The highest BCUT2D eigenvalue weighted by Crippen LogP contribution is 2.32. The highest BCUT2D eigenvalue weighted by molar-refractivity contribution is 9.10. The maximum Gasteiger partial charge on any atom is 0.471 e. The summed E-state index contributed by atoms with van der Waals surface area (Å²) in [5, 5.41) is 6.36. The summed E-state index contributed by atoms with van der Waals surface area (Å²) in [4.78, 5) is 10.7. The fourth-order valence-corrected chi connectivity index (χ4v) is 6.34. The van der Waals surface area contributed by atoms with Crippen LogP contribution in [0.1, 0.15) is 5.56 Å². The number of halogens is 5. The van der Waals surface area contributed by atoms with Gasteiger partial charge in [-0.2, -0.15) is 13.2 Å². The van der Waals surface area contributed by atoms with Gasteiger partial charge < -0.3 is 5.32 Å². The second-order valence-electron chi connectivity index (χ2n) is 7.23. The molecule has 0 aliphatic carbocycles. The van der Waals surface area contributed by atoms with Crippen molar-refractivity contribution in [2.75, 3.05) is 5.32 Å². The first-order chi connectivity index (χ1) is 16.8. The van der Waals surface area contributed by atoms with E-state index in [2.05, 4.69) is 123 Å². The van der Waals surface area contributed by atoms with E-state index in [1.807, 2.05) is 5.32 Å². The van der Waals surface area contributed by atoms with Crippen molar-refractivity contribution in [2.24, 2.45) is 0 Å². The molecule has 35 heavy (non-hydrogen) atoms. The first-order valence-corrected chi connectivity index (χ1v) is 13.7. The molecule has 0 unspecified atom stereocenters. The lowest BCUT2D eigenvalue weighted by Crippen LogP contribution is -2.30. The van der Waals surface area contributed by atoms with Crippen molar-refractivity contribution in [1.82, 2.24) is 0 Å². The van der Waals surface area contributed by atoms with Gasteiger partial charge in [0, 0.05) is 15.5 Å². The van der Waals surface area contributed by atoms with Gasteiger partial charge in [0.1, 0.15) is 0 Å². The molecular weight excluding hydrogens is 602 g/mol. The van der Waals surface area contributed by atoms with Crippen LogP contribution in [-0.4, -0.2) is 12.1 Å². The van der Waals surface area contributed by atoms with Crippen LogP contribution in [-0.2, 0) is 10.1 Å². The summed E-state index contributed by atoms with van der Waals surface area (Å²) in [5.74, 6) is -1.97. The highest BCUT2D eigenvalue weighted by atomic mass is 79.9. The van der Waals surface area contributed by atoms with Gasteiger partial charge in [-0.25, -0.2) is 0 Å². The summed E-state index contributed by atoms with van der Waals surface area (Å²) >= 11 is 6.32. The first-order valence-electron chi connectivity index (χ1n) is 10.5. The molecule has 4 aromatic carbocycles. The number of hydrogen-bond acceptors (Lipinski definition) is 1. The molecule has 0 bridgehead atoms. The SMILES string of the molecule is O=C(Nc1ccc(Br)cc1CBr)C(F)(F)F.c1ccc(P(c2ccccc2)c2ccccc2)cc1. The molecule has 4 aromatic rings. The van der Waals surface area contributed by atoms with Gasteiger partial charge in [0.05, 0.1) is 0 Å². The minimum atomic E-state index is -4.88. The molecule has 0 saturated heterocycles. The molecule has 180 valence electrons. The second-order valence-corrected chi connectivity index (χ2v) is 10.9. The Morgan fingerprint density at radius 3 is 1.54 bits per heavy atom. The summed E-state index contributed by atoms with van der Waals surface area (Å²) in [6, 6.07) is 36.9. The highest BCUT2D eigenvalue weighted by Gasteiger charge is 2.38. The van der Waals surface area contributed by atoms with Crippen LogP contribution in [0.3, 0.4) is 0 Å². The van der Waals surface area contributed by atoms with Crippen molar-refractivity contribution in [2.45, 2.75) is 11.5 Å². The molecule has 0 fully saturated rings. The van der Waals surface area contributed by atoms with E-state index in [1.165, 1.54) is 22.0 Å². The van der Waals surface area contributed by atoms with Crippen molar-refractivity contribution in [1.29, 1.82) is 0 Å². The van der Waals surface area contributed by atoms with E-state index in [4.69, 9.17) is 0 Å². The lowest BCUT2D eigenvalue weighted by molar-refractivity contribution is -0.167. The lowest BCUT2D eigenvalue weighted by Gasteiger charge is -2.18. The molecule has 0 aliphatic heterocycles. The van der Waals surface area contributed by atoms with Crippen LogP contribution >= 0.6 is 39.8 Å². The minimum absolute atomic E-state index is 0.141. The fraction of sp³-hybridized carbons (Fsp3) is 0.0741. The molecule has 8 heteroatoms. The average molecular weight is 623 g/mol. The summed E-state index contributed by atoms with van der Waals surface area (Å²) in [7, 11) is -0.446. The first kappa shape index (κ1) is 27.1. The third-order valence-corrected chi connectivity index (χ3v) is 8.30. The zero-order valence-electron chi connectivity index (χ0n) is 18.3. The van der Waals surface area contributed by atoms with Crippen LogP contribution in [0, 0.1) is 0 Å². The third kappa shape index (κ3) is 8.03. The van der Waals surface area contributed by atoms with Crippen LogP contribution in [0.2, 0.25) is 0 Å². The third-order valence-electron chi connectivity index (χ3n) is 4.76. The number of anilines is 1. The zero-order valence-corrected chi connectivity index (χ0v) is 22.4. The van der Waals surface area contributed by atoms with Gasteiger partial charge in [-0.3, -0.25) is 4.79 Å². The Labute approximate surface area is 220 Å². The predicted octanol–water partition coefficient (Wildman–Crippen LogP) is 7.29. The molecule has 4 rings (SSSR count).